The van der Waals surface area contributed by atoms with Gasteiger partial charge in [-0.3, -0.25) is 9.59 Å². The van der Waals surface area contributed by atoms with Crippen LogP contribution in [-0.4, -0.2) is 43.7 Å². The number of amides is 2. The van der Waals surface area contributed by atoms with Crippen LogP contribution in [0.15, 0.2) is 53.4 Å². The van der Waals surface area contributed by atoms with Crippen LogP contribution in [0.25, 0.3) is 0 Å². The Morgan fingerprint density at radius 3 is 2.34 bits per heavy atom. The normalized spacial score (nSPS) is 15.9. The number of piperidine rings is 1. The van der Waals surface area contributed by atoms with Crippen molar-refractivity contribution in [1.82, 2.24) is 9.62 Å². The van der Waals surface area contributed by atoms with Crippen molar-refractivity contribution in [2.45, 2.75) is 44.0 Å². The summed E-state index contributed by atoms with van der Waals surface area (Å²) in [6.07, 6.45) is 2.71. The van der Waals surface area contributed by atoms with Crippen molar-refractivity contribution in [2.75, 3.05) is 18.4 Å². The number of halogens is 1. The summed E-state index contributed by atoms with van der Waals surface area (Å²) in [5.74, 6) is -1.10. The number of hydrogen-bond donors (Lipinski definition) is 2. The van der Waals surface area contributed by atoms with Crippen LogP contribution in [0, 0.1) is 5.92 Å². The van der Waals surface area contributed by atoms with Crippen LogP contribution in [-0.2, 0) is 14.8 Å². The summed E-state index contributed by atoms with van der Waals surface area (Å²) < 4.78 is 27.4. The molecule has 0 bridgehead atoms. The van der Waals surface area contributed by atoms with Gasteiger partial charge in [-0.05, 0) is 49.1 Å². The molecule has 2 aromatic rings. The Labute approximate surface area is 194 Å². The summed E-state index contributed by atoms with van der Waals surface area (Å²) in [4.78, 5) is 25.7. The zero-order valence-electron chi connectivity index (χ0n) is 18.2. The van der Waals surface area contributed by atoms with Gasteiger partial charge in [0.2, 0.25) is 15.9 Å². The average molecular weight is 478 g/mol. The molecule has 1 unspecified atom stereocenters. The lowest BCUT2D eigenvalue weighted by Gasteiger charge is -2.26. The summed E-state index contributed by atoms with van der Waals surface area (Å²) >= 11 is 6.09. The van der Waals surface area contributed by atoms with Crippen LogP contribution < -0.4 is 10.6 Å². The summed E-state index contributed by atoms with van der Waals surface area (Å²) in [7, 11) is -3.62. The molecule has 7 nitrogen and oxygen atoms in total. The van der Waals surface area contributed by atoms with Crippen LogP contribution in [0.1, 0.15) is 43.5 Å². The Morgan fingerprint density at radius 1 is 1.00 bits per heavy atom. The smallest absolute Gasteiger partial charge is 0.253 e. The number of benzene rings is 2. The highest BCUT2D eigenvalue weighted by atomic mass is 35.5. The van der Waals surface area contributed by atoms with Crippen LogP contribution >= 0.6 is 11.6 Å². The zero-order chi connectivity index (χ0) is 23.3. The number of rotatable bonds is 7. The number of carbonyl (C=O) groups excluding carboxylic acids is 2. The van der Waals surface area contributed by atoms with Gasteiger partial charge in [0.25, 0.3) is 5.91 Å². The second-order valence-corrected chi connectivity index (χ2v) is 10.5. The maximum atomic E-state index is 12.9. The molecule has 2 amide bonds. The fourth-order valence-corrected chi connectivity index (χ4v) is 5.39. The van der Waals surface area contributed by atoms with Crippen molar-refractivity contribution in [3.05, 3.63) is 59.1 Å². The third-order valence-electron chi connectivity index (χ3n) is 5.41. The van der Waals surface area contributed by atoms with Crippen molar-refractivity contribution < 1.29 is 18.0 Å². The van der Waals surface area contributed by atoms with Gasteiger partial charge in [0, 0.05) is 18.8 Å². The monoisotopic (exact) mass is 477 g/mol. The lowest BCUT2D eigenvalue weighted by atomic mass is 10.0. The molecule has 0 aliphatic carbocycles. The molecule has 0 aromatic heterocycles. The molecule has 0 radical (unpaired) electrons. The van der Waals surface area contributed by atoms with Crippen molar-refractivity contribution >= 4 is 39.1 Å². The van der Waals surface area contributed by atoms with Crippen LogP contribution in [0.3, 0.4) is 0 Å². The van der Waals surface area contributed by atoms with E-state index in [4.69, 9.17) is 11.6 Å². The molecule has 172 valence electrons. The molecular formula is C23H28ClN3O4S. The Bertz CT molecular complexity index is 1080. The first-order valence-corrected chi connectivity index (χ1v) is 12.5. The van der Waals surface area contributed by atoms with Gasteiger partial charge in [0.1, 0.15) is 6.04 Å². The average Bonchev–Trinajstić information content (AvgIpc) is 2.78. The van der Waals surface area contributed by atoms with Crippen LogP contribution in [0.5, 0.6) is 0 Å². The van der Waals surface area contributed by atoms with Gasteiger partial charge in [-0.1, -0.05) is 50.1 Å². The second-order valence-electron chi connectivity index (χ2n) is 8.16. The lowest BCUT2D eigenvalue weighted by molar-refractivity contribution is -0.118. The van der Waals surface area contributed by atoms with Crippen molar-refractivity contribution in [1.29, 1.82) is 0 Å². The highest BCUT2D eigenvalue weighted by molar-refractivity contribution is 7.89. The Hall–Kier alpha value is -2.42. The fourth-order valence-electron chi connectivity index (χ4n) is 3.61. The number of nitrogens with zero attached hydrogens (tertiary/aromatic N) is 1. The predicted molar refractivity (Wildman–Crippen MR) is 125 cm³/mol. The number of sulfonamides is 1. The fraction of sp³-hybridized carbons (Fsp3) is 0.391. The van der Waals surface area contributed by atoms with E-state index < -0.39 is 27.9 Å². The summed E-state index contributed by atoms with van der Waals surface area (Å²) in [6, 6.07) is 12.0. The highest BCUT2D eigenvalue weighted by Crippen LogP contribution is 2.23. The molecule has 1 aliphatic rings. The molecule has 1 fully saturated rings. The number of carbonyl (C=O) groups is 2. The lowest BCUT2D eigenvalue weighted by Crippen LogP contribution is -2.47. The first-order chi connectivity index (χ1) is 15.2. The molecule has 32 heavy (non-hydrogen) atoms. The van der Waals surface area contributed by atoms with Gasteiger partial charge in [-0.25, -0.2) is 8.42 Å². The van der Waals surface area contributed by atoms with E-state index in [1.807, 2.05) is 13.8 Å². The first kappa shape index (κ1) is 24.2. The van der Waals surface area contributed by atoms with E-state index in [0.29, 0.717) is 23.8 Å². The van der Waals surface area contributed by atoms with E-state index in [-0.39, 0.29) is 16.4 Å². The molecular weight excluding hydrogens is 450 g/mol. The van der Waals surface area contributed by atoms with Crippen LogP contribution in [0.2, 0.25) is 5.02 Å². The quantitative estimate of drug-likeness (QED) is 0.632. The summed E-state index contributed by atoms with van der Waals surface area (Å²) in [5, 5.41) is 5.76. The van der Waals surface area contributed by atoms with E-state index >= 15 is 0 Å². The van der Waals surface area contributed by atoms with E-state index in [9.17, 15) is 18.0 Å². The molecule has 1 heterocycles. The maximum Gasteiger partial charge on any atom is 0.253 e. The van der Waals surface area contributed by atoms with Crippen molar-refractivity contribution in [3.8, 4) is 0 Å². The van der Waals surface area contributed by atoms with E-state index in [1.54, 1.807) is 36.4 Å². The van der Waals surface area contributed by atoms with Crippen molar-refractivity contribution in [3.63, 3.8) is 0 Å². The van der Waals surface area contributed by atoms with Crippen molar-refractivity contribution in [2.24, 2.45) is 5.92 Å². The molecule has 0 saturated carbocycles. The Kier molecular flexibility index (Phi) is 7.92. The Balaban J connectivity index is 1.75. The van der Waals surface area contributed by atoms with Crippen LogP contribution in [0.4, 0.5) is 5.69 Å². The molecule has 1 atom stereocenters. The van der Waals surface area contributed by atoms with Gasteiger partial charge < -0.3 is 10.6 Å². The SMILES string of the molecule is CC(C)C(NC(=O)c1ccccc1Cl)C(=O)Nc1cccc(S(=O)(=O)N2CCCCC2)c1. The predicted octanol–water partition coefficient (Wildman–Crippen LogP) is 3.91. The first-order valence-electron chi connectivity index (χ1n) is 10.7. The molecule has 2 N–H and O–H groups in total. The maximum absolute atomic E-state index is 12.9. The molecule has 1 aliphatic heterocycles. The third kappa shape index (κ3) is 5.68. The topological polar surface area (TPSA) is 95.6 Å². The summed E-state index contributed by atoms with van der Waals surface area (Å²) in [6.45, 7) is 4.63. The largest absolute Gasteiger partial charge is 0.340 e. The van der Waals surface area contributed by atoms with Gasteiger partial charge >= 0.3 is 0 Å². The Morgan fingerprint density at radius 2 is 1.69 bits per heavy atom. The molecule has 2 aromatic carbocycles. The molecule has 1 saturated heterocycles. The third-order valence-corrected chi connectivity index (χ3v) is 7.63. The minimum Gasteiger partial charge on any atom is -0.340 e. The number of hydrogen-bond acceptors (Lipinski definition) is 4. The van der Waals surface area contributed by atoms with Gasteiger partial charge in [0.15, 0.2) is 0 Å². The highest BCUT2D eigenvalue weighted by Gasteiger charge is 2.28. The molecule has 9 heteroatoms. The van der Waals surface area contributed by atoms with Gasteiger partial charge in [-0.2, -0.15) is 4.31 Å². The van der Waals surface area contributed by atoms with Gasteiger partial charge in [-0.15, -0.1) is 0 Å². The minimum absolute atomic E-state index is 0.137. The van der Waals surface area contributed by atoms with E-state index in [1.165, 1.54) is 16.4 Å². The van der Waals surface area contributed by atoms with E-state index in [0.717, 1.165) is 19.3 Å². The van der Waals surface area contributed by atoms with E-state index in [2.05, 4.69) is 10.6 Å². The molecule has 0 spiro atoms. The zero-order valence-corrected chi connectivity index (χ0v) is 19.7. The second kappa shape index (κ2) is 10.5. The standard InChI is InChI=1S/C23H28ClN3O4S/c1-16(2)21(26-22(28)19-11-4-5-12-20(19)24)23(29)25-17-9-8-10-18(15-17)32(30,31)27-13-6-3-7-14-27/h4-5,8-12,15-16,21H,3,6-7,13-14H2,1-2H3,(H,25,29)(H,26,28). The minimum atomic E-state index is -3.62. The summed E-state index contributed by atoms with van der Waals surface area (Å²) in [5.41, 5.74) is 0.632. The van der Waals surface area contributed by atoms with Gasteiger partial charge in [0.05, 0.1) is 15.5 Å². The number of anilines is 1. The number of nitrogens with one attached hydrogen (secondary N) is 2. The molecule has 3 rings (SSSR count).